The Bertz CT molecular complexity index is 606. The summed E-state index contributed by atoms with van der Waals surface area (Å²) >= 11 is 1.52. The van der Waals surface area contributed by atoms with Crippen molar-refractivity contribution in [2.75, 3.05) is 6.54 Å². The van der Waals surface area contributed by atoms with E-state index in [9.17, 15) is 4.79 Å². The number of amides is 1. The van der Waals surface area contributed by atoms with Crippen LogP contribution in [0.5, 0.6) is 0 Å². The van der Waals surface area contributed by atoms with Gasteiger partial charge in [0.2, 0.25) is 5.91 Å². The van der Waals surface area contributed by atoms with E-state index >= 15 is 0 Å². The molecule has 1 N–H and O–H groups in total. The van der Waals surface area contributed by atoms with Crippen LogP contribution in [0.4, 0.5) is 0 Å². The molecule has 0 spiro atoms. The number of allylic oxidation sites excluding steroid dienone is 1. The number of hydrogen-bond acceptors (Lipinski definition) is 4. The van der Waals surface area contributed by atoms with Crippen molar-refractivity contribution in [3.8, 4) is 0 Å². The van der Waals surface area contributed by atoms with Gasteiger partial charge in [-0.25, -0.2) is 0 Å². The van der Waals surface area contributed by atoms with Gasteiger partial charge in [-0.3, -0.25) is 4.79 Å². The monoisotopic (exact) mass is 348 g/mol. The third kappa shape index (κ3) is 4.41. The van der Waals surface area contributed by atoms with Crippen molar-refractivity contribution in [2.45, 2.75) is 81.7 Å². The average Bonchev–Trinajstić information content (AvgIpc) is 3.37. The fourth-order valence-electron chi connectivity index (χ4n) is 3.16. The van der Waals surface area contributed by atoms with Crippen LogP contribution in [0.1, 0.15) is 70.5 Å². The predicted octanol–water partition coefficient (Wildman–Crippen LogP) is 3.66. The smallest absolute Gasteiger partial charge is 0.233 e. The molecule has 0 aromatic carbocycles. The first-order valence-electron chi connectivity index (χ1n) is 9.24. The summed E-state index contributed by atoms with van der Waals surface area (Å²) in [5.74, 6) is 1.77. The van der Waals surface area contributed by atoms with Gasteiger partial charge in [-0.05, 0) is 58.8 Å². The molecule has 0 radical (unpaired) electrons. The van der Waals surface area contributed by atoms with Crippen LogP contribution < -0.4 is 5.32 Å². The highest BCUT2D eigenvalue weighted by molar-refractivity contribution is 8.00. The van der Waals surface area contributed by atoms with Crippen molar-refractivity contribution < 1.29 is 4.79 Å². The second-order valence-electron chi connectivity index (χ2n) is 6.77. The van der Waals surface area contributed by atoms with E-state index in [1.807, 2.05) is 6.92 Å². The zero-order valence-corrected chi connectivity index (χ0v) is 15.6. The average molecular weight is 349 g/mol. The van der Waals surface area contributed by atoms with Crippen molar-refractivity contribution in [2.24, 2.45) is 0 Å². The van der Waals surface area contributed by atoms with Gasteiger partial charge in [0.25, 0.3) is 0 Å². The Labute approximate surface area is 148 Å². The standard InChI is InChI=1S/C18H28N4OS/c1-3-22-16(15-9-10-15)20-21-18(22)24-13(2)17(23)19-12-11-14-7-5-4-6-8-14/h7,13,15H,3-6,8-12H2,1-2H3,(H,19,23)/t13-/m1/s1. The summed E-state index contributed by atoms with van der Waals surface area (Å²) < 4.78 is 2.17. The molecule has 0 saturated heterocycles. The number of carbonyl (C=O) groups is 1. The summed E-state index contributed by atoms with van der Waals surface area (Å²) in [4.78, 5) is 12.3. The molecular weight excluding hydrogens is 320 g/mol. The minimum atomic E-state index is -0.146. The maximum atomic E-state index is 12.3. The van der Waals surface area contributed by atoms with Gasteiger partial charge in [-0.1, -0.05) is 23.4 Å². The first-order valence-corrected chi connectivity index (χ1v) is 10.1. The van der Waals surface area contributed by atoms with E-state index in [4.69, 9.17) is 0 Å². The summed E-state index contributed by atoms with van der Waals surface area (Å²) in [6.07, 6.45) is 10.8. The summed E-state index contributed by atoms with van der Waals surface area (Å²) in [5.41, 5.74) is 1.50. The molecular formula is C18H28N4OS. The van der Waals surface area contributed by atoms with Crippen molar-refractivity contribution in [3.63, 3.8) is 0 Å². The number of thioether (sulfide) groups is 1. The van der Waals surface area contributed by atoms with Crippen LogP contribution >= 0.6 is 11.8 Å². The quantitative estimate of drug-likeness (QED) is 0.575. The number of nitrogens with zero attached hydrogens (tertiary/aromatic N) is 3. The predicted molar refractivity (Wildman–Crippen MR) is 97.2 cm³/mol. The third-order valence-corrected chi connectivity index (χ3v) is 5.87. The van der Waals surface area contributed by atoms with Crippen molar-refractivity contribution >= 4 is 17.7 Å². The Morgan fingerprint density at radius 3 is 2.92 bits per heavy atom. The molecule has 1 aromatic heterocycles. The fraction of sp³-hybridized carbons (Fsp3) is 0.722. The van der Waals surface area contributed by atoms with Gasteiger partial charge in [0.15, 0.2) is 5.16 Å². The summed E-state index contributed by atoms with van der Waals surface area (Å²) in [6, 6.07) is 0. The van der Waals surface area contributed by atoms with E-state index < -0.39 is 0 Å². The third-order valence-electron chi connectivity index (χ3n) is 4.79. The minimum absolute atomic E-state index is 0.0926. The Morgan fingerprint density at radius 1 is 1.42 bits per heavy atom. The normalized spacial score (nSPS) is 19.0. The molecule has 5 nitrogen and oxygen atoms in total. The summed E-state index contributed by atoms with van der Waals surface area (Å²) in [5, 5.41) is 12.4. The largest absolute Gasteiger partial charge is 0.355 e. The second kappa shape index (κ2) is 8.19. The van der Waals surface area contributed by atoms with E-state index in [1.54, 1.807) is 0 Å². The Morgan fingerprint density at radius 2 is 2.25 bits per heavy atom. The molecule has 6 heteroatoms. The van der Waals surface area contributed by atoms with Gasteiger partial charge in [0, 0.05) is 19.0 Å². The SMILES string of the molecule is CCn1c(S[C@H](C)C(=O)NCCC2=CCCCC2)nnc1C1CC1. The van der Waals surface area contributed by atoms with Gasteiger partial charge in [0.05, 0.1) is 5.25 Å². The van der Waals surface area contributed by atoms with Gasteiger partial charge in [0.1, 0.15) is 5.82 Å². The molecule has 2 aliphatic carbocycles. The van der Waals surface area contributed by atoms with Gasteiger partial charge < -0.3 is 9.88 Å². The van der Waals surface area contributed by atoms with Gasteiger partial charge >= 0.3 is 0 Å². The molecule has 3 rings (SSSR count). The summed E-state index contributed by atoms with van der Waals surface area (Å²) in [6.45, 7) is 5.67. The fourth-order valence-corrected chi connectivity index (χ4v) is 4.11. The number of aromatic nitrogens is 3. The highest BCUT2D eigenvalue weighted by atomic mass is 32.2. The molecule has 1 atom stereocenters. The minimum Gasteiger partial charge on any atom is -0.355 e. The first kappa shape index (κ1) is 17.5. The maximum Gasteiger partial charge on any atom is 0.233 e. The van der Waals surface area contributed by atoms with Crippen molar-refractivity contribution in [3.05, 3.63) is 17.5 Å². The number of hydrogen-bond donors (Lipinski definition) is 1. The molecule has 1 fully saturated rings. The van der Waals surface area contributed by atoms with E-state index in [-0.39, 0.29) is 11.2 Å². The number of nitrogens with one attached hydrogen (secondary N) is 1. The van der Waals surface area contributed by atoms with Crippen molar-refractivity contribution in [1.82, 2.24) is 20.1 Å². The molecule has 24 heavy (non-hydrogen) atoms. The highest BCUT2D eigenvalue weighted by Crippen LogP contribution is 2.40. The van der Waals surface area contributed by atoms with E-state index in [0.717, 1.165) is 30.5 Å². The summed E-state index contributed by atoms with van der Waals surface area (Å²) in [7, 11) is 0. The molecule has 1 heterocycles. The lowest BCUT2D eigenvalue weighted by Crippen LogP contribution is -2.32. The first-order chi connectivity index (χ1) is 11.7. The lowest BCUT2D eigenvalue weighted by atomic mass is 9.97. The van der Waals surface area contributed by atoms with Crippen molar-refractivity contribution in [1.29, 1.82) is 0 Å². The van der Waals surface area contributed by atoms with Crippen LogP contribution in [-0.4, -0.2) is 32.5 Å². The lowest BCUT2D eigenvalue weighted by molar-refractivity contribution is -0.120. The van der Waals surface area contributed by atoms with E-state index in [0.29, 0.717) is 5.92 Å². The molecule has 2 aliphatic rings. The second-order valence-corrected chi connectivity index (χ2v) is 8.08. The van der Waals surface area contributed by atoms with Crippen LogP contribution in [0.15, 0.2) is 16.8 Å². The van der Waals surface area contributed by atoms with E-state index in [1.165, 1.54) is 55.9 Å². The zero-order chi connectivity index (χ0) is 16.9. The Hall–Kier alpha value is -1.30. The van der Waals surface area contributed by atoms with Gasteiger partial charge in [-0.2, -0.15) is 0 Å². The Balaban J connectivity index is 1.48. The molecule has 0 unspecified atom stereocenters. The number of carbonyl (C=O) groups excluding carboxylic acids is 1. The molecule has 1 saturated carbocycles. The molecule has 1 aromatic rings. The maximum absolute atomic E-state index is 12.3. The van der Waals surface area contributed by atoms with Crippen LogP contribution in [0.3, 0.4) is 0 Å². The lowest BCUT2D eigenvalue weighted by Gasteiger charge is -2.15. The van der Waals surface area contributed by atoms with Crippen LogP contribution in [-0.2, 0) is 11.3 Å². The number of rotatable bonds is 8. The molecule has 0 aliphatic heterocycles. The molecule has 1 amide bonds. The van der Waals surface area contributed by atoms with Crippen LogP contribution in [0, 0.1) is 0 Å². The highest BCUT2D eigenvalue weighted by Gasteiger charge is 2.30. The molecule has 132 valence electrons. The van der Waals surface area contributed by atoms with E-state index in [2.05, 4.69) is 33.1 Å². The van der Waals surface area contributed by atoms with Crippen LogP contribution in [0.2, 0.25) is 0 Å². The Kier molecular flexibility index (Phi) is 5.98. The topological polar surface area (TPSA) is 59.8 Å². The zero-order valence-electron chi connectivity index (χ0n) is 14.8. The van der Waals surface area contributed by atoms with Crippen LogP contribution in [0.25, 0.3) is 0 Å². The molecule has 0 bridgehead atoms. The van der Waals surface area contributed by atoms with Gasteiger partial charge in [-0.15, -0.1) is 10.2 Å².